The van der Waals surface area contributed by atoms with Gasteiger partial charge in [0.15, 0.2) is 0 Å². The lowest BCUT2D eigenvalue weighted by Crippen LogP contribution is -2.06. The standard InChI is InChI=1S/C20H20BrN3OS/c1-13(2)25-18-10-9-15(11-17(18)21)12-22-24-20-23-19(14(3)26-20)16-7-5-4-6-8-16/h4-13H,1-3H3,(H,23,24)/b22-12-. The van der Waals surface area contributed by atoms with E-state index in [-0.39, 0.29) is 6.10 Å². The minimum absolute atomic E-state index is 0.138. The third kappa shape index (κ3) is 4.71. The molecule has 1 heterocycles. The second-order valence-electron chi connectivity index (χ2n) is 6.02. The van der Waals surface area contributed by atoms with Gasteiger partial charge in [0.2, 0.25) is 5.13 Å². The highest BCUT2D eigenvalue weighted by molar-refractivity contribution is 9.10. The van der Waals surface area contributed by atoms with E-state index in [0.717, 1.165) is 37.1 Å². The number of hydrogen-bond acceptors (Lipinski definition) is 5. The molecule has 6 heteroatoms. The molecule has 0 saturated carbocycles. The van der Waals surface area contributed by atoms with Crippen LogP contribution < -0.4 is 10.2 Å². The maximum atomic E-state index is 5.72. The van der Waals surface area contributed by atoms with E-state index < -0.39 is 0 Å². The highest BCUT2D eigenvalue weighted by atomic mass is 79.9. The molecule has 0 aliphatic rings. The number of aromatic nitrogens is 1. The fourth-order valence-corrected chi connectivity index (χ4v) is 3.69. The van der Waals surface area contributed by atoms with Gasteiger partial charge < -0.3 is 4.74 Å². The van der Waals surface area contributed by atoms with E-state index in [2.05, 4.69) is 50.5 Å². The molecule has 0 bridgehead atoms. The highest BCUT2D eigenvalue weighted by Crippen LogP contribution is 2.30. The third-order valence-corrected chi connectivity index (χ3v) is 5.03. The van der Waals surface area contributed by atoms with Gasteiger partial charge >= 0.3 is 0 Å². The summed E-state index contributed by atoms with van der Waals surface area (Å²) in [6.45, 7) is 6.08. The molecule has 2 aromatic carbocycles. The second-order valence-corrected chi connectivity index (χ2v) is 8.07. The van der Waals surface area contributed by atoms with E-state index in [1.807, 2.05) is 50.2 Å². The average molecular weight is 430 g/mol. The maximum Gasteiger partial charge on any atom is 0.204 e. The molecule has 1 N–H and O–H groups in total. The second kappa shape index (κ2) is 8.47. The van der Waals surface area contributed by atoms with Crippen LogP contribution in [0.25, 0.3) is 11.3 Å². The normalized spacial score (nSPS) is 11.3. The predicted octanol–water partition coefficient (Wildman–Crippen LogP) is 6.11. The summed E-state index contributed by atoms with van der Waals surface area (Å²) in [7, 11) is 0. The first-order chi connectivity index (χ1) is 12.5. The molecule has 0 spiro atoms. The number of halogens is 1. The van der Waals surface area contributed by atoms with E-state index in [0.29, 0.717) is 0 Å². The first-order valence-corrected chi connectivity index (χ1v) is 9.92. The number of hydrogen-bond donors (Lipinski definition) is 1. The lowest BCUT2D eigenvalue weighted by Gasteiger charge is -2.11. The van der Waals surface area contributed by atoms with Crippen molar-refractivity contribution < 1.29 is 4.74 Å². The number of thiazole rings is 1. The molecule has 0 unspecified atom stereocenters. The monoisotopic (exact) mass is 429 g/mol. The molecule has 26 heavy (non-hydrogen) atoms. The maximum absolute atomic E-state index is 5.72. The van der Waals surface area contributed by atoms with Gasteiger partial charge in [0.05, 0.1) is 22.5 Å². The number of hydrazone groups is 1. The molecular formula is C20H20BrN3OS. The van der Waals surface area contributed by atoms with Crippen LogP contribution in [-0.2, 0) is 0 Å². The Kier molecular flexibility index (Phi) is 6.06. The van der Waals surface area contributed by atoms with Gasteiger partial charge in [-0.1, -0.05) is 30.3 Å². The van der Waals surface area contributed by atoms with Crippen LogP contribution in [0.5, 0.6) is 5.75 Å². The van der Waals surface area contributed by atoms with E-state index in [1.54, 1.807) is 17.6 Å². The van der Waals surface area contributed by atoms with Gasteiger partial charge in [0.1, 0.15) is 5.75 Å². The summed E-state index contributed by atoms with van der Waals surface area (Å²) < 4.78 is 6.63. The summed E-state index contributed by atoms with van der Waals surface area (Å²) in [4.78, 5) is 5.80. The zero-order chi connectivity index (χ0) is 18.5. The van der Waals surface area contributed by atoms with E-state index >= 15 is 0 Å². The van der Waals surface area contributed by atoms with Crippen molar-refractivity contribution in [2.45, 2.75) is 26.9 Å². The molecule has 0 radical (unpaired) electrons. The Morgan fingerprint density at radius 3 is 2.65 bits per heavy atom. The molecular weight excluding hydrogens is 410 g/mol. The molecule has 1 aromatic heterocycles. The molecule has 0 amide bonds. The molecule has 3 aromatic rings. The Hall–Kier alpha value is -2.18. The topological polar surface area (TPSA) is 46.5 Å². The smallest absolute Gasteiger partial charge is 0.204 e. The van der Waals surface area contributed by atoms with Gasteiger partial charge in [0.25, 0.3) is 0 Å². The van der Waals surface area contributed by atoms with Gasteiger partial charge in [-0.3, -0.25) is 5.43 Å². The number of ether oxygens (including phenoxy) is 1. The summed E-state index contributed by atoms with van der Waals surface area (Å²) in [6, 6.07) is 16.0. The first-order valence-electron chi connectivity index (χ1n) is 8.31. The van der Waals surface area contributed by atoms with Crippen LogP contribution in [-0.4, -0.2) is 17.3 Å². The first kappa shape index (κ1) is 18.6. The lowest BCUT2D eigenvalue weighted by molar-refractivity contribution is 0.241. The van der Waals surface area contributed by atoms with E-state index in [1.165, 1.54) is 0 Å². The van der Waals surface area contributed by atoms with Gasteiger partial charge in [-0.15, -0.1) is 11.3 Å². The molecule has 0 fully saturated rings. The Labute approximate surface area is 166 Å². The molecule has 4 nitrogen and oxygen atoms in total. The Morgan fingerprint density at radius 1 is 1.19 bits per heavy atom. The van der Waals surface area contributed by atoms with Crippen LogP contribution in [0.15, 0.2) is 58.1 Å². The van der Waals surface area contributed by atoms with Crippen LogP contribution >= 0.6 is 27.3 Å². The fourth-order valence-electron chi connectivity index (χ4n) is 2.42. The van der Waals surface area contributed by atoms with Crippen LogP contribution in [0.3, 0.4) is 0 Å². The molecule has 0 atom stereocenters. The Morgan fingerprint density at radius 2 is 1.96 bits per heavy atom. The van der Waals surface area contributed by atoms with Crippen LogP contribution in [0, 0.1) is 6.92 Å². The van der Waals surface area contributed by atoms with Crippen molar-refractivity contribution in [2.75, 3.05) is 5.43 Å². The Bertz CT molecular complexity index is 907. The zero-order valence-corrected chi connectivity index (χ0v) is 17.3. The van der Waals surface area contributed by atoms with Gasteiger partial charge in [-0.25, -0.2) is 4.98 Å². The minimum Gasteiger partial charge on any atom is -0.490 e. The van der Waals surface area contributed by atoms with Crippen molar-refractivity contribution in [3.8, 4) is 17.0 Å². The van der Waals surface area contributed by atoms with Crippen LogP contribution in [0.2, 0.25) is 0 Å². The Balaban J connectivity index is 1.69. The highest BCUT2D eigenvalue weighted by Gasteiger charge is 2.09. The summed E-state index contributed by atoms with van der Waals surface area (Å²) in [6.07, 6.45) is 1.91. The van der Waals surface area contributed by atoms with Crippen molar-refractivity contribution in [3.63, 3.8) is 0 Å². The van der Waals surface area contributed by atoms with Crippen LogP contribution in [0.4, 0.5) is 5.13 Å². The lowest BCUT2D eigenvalue weighted by atomic mass is 10.1. The van der Waals surface area contributed by atoms with E-state index in [4.69, 9.17) is 4.74 Å². The summed E-state index contributed by atoms with van der Waals surface area (Å²) in [5.41, 5.74) is 6.10. The average Bonchev–Trinajstić information content (AvgIpc) is 2.98. The third-order valence-electron chi connectivity index (χ3n) is 3.54. The van der Waals surface area contributed by atoms with E-state index in [9.17, 15) is 0 Å². The van der Waals surface area contributed by atoms with Crippen molar-refractivity contribution in [3.05, 3.63) is 63.4 Å². The van der Waals surface area contributed by atoms with Crippen molar-refractivity contribution in [2.24, 2.45) is 5.10 Å². The number of benzene rings is 2. The molecule has 0 aliphatic carbocycles. The van der Waals surface area contributed by atoms with Crippen molar-refractivity contribution >= 4 is 38.6 Å². The van der Waals surface area contributed by atoms with Gasteiger partial charge in [0, 0.05) is 10.4 Å². The van der Waals surface area contributed by atoms with Crippen molar-refractivity contribution in [1.29, 1.82) is 0 Å². The number of aryl methyl sites for hydroxylation is 1. The SMILES string of the molecule is Cc1sc(N/N=C\c2ccc(OC(C)C)c(Br)c2)nc1-c1ccccc1. The van der Waals surface area contributed by atoms with Crippen molar-refractivity contribution in [1.82, 2.24) is 4.98 Å². The molecule has 0 saturated heterocycles. The quantitative estimate of drug-likeness (QED) is 0.379. The zero-order valence-electron chi connectivity index (χ0n) is 14.9. The fraction of sp³-hybridized carbons (Fsp3) is 0.200. The summed E-state index contributed by atoms with van der Waals surface area (Å²) in [5, 5.41) is 5.08. The number of nitrogens with one attached hydrogen (secondary N) is 1. The number of rotatable bonds is 6. The van der Waals surface area contributed by atoms with Crippen LogP contribution in [0.1, 0.15) is 24.3 Å². The molecule has 0 aliphatic heterocycles. The van der Waals surface area contributed by atoms with Gasteiger partial charge in [-0.05, 0) is 60.5 Å². The predicted molar refractivity (Wildman–Crippen MR) is 113 cm³/mol. The molecule has 3 rings (SSSR count). The largest absolute Gasteiger partial charge is 0.490 e. The van der Waals surface area contributed by atoms with Gasteiger partial charge in [-0.2, -0.15) is 5.10 Å². The summed E-state index contributed by atoms with van der Waals surface area (Å²) >= 11 is 5.13. The summed E-state index contributed by atoms with van der Waals surface area (Å²) in [5.74, 6) is 0.827. The molecule has 134 valence electrons. The number of anilines is 1. The minimum atomic E-state index is 0.138. The number of nitrogens with zero attached hydrogens (tertiary/aromatic N) is 2.